The van der Waals surface area contributed by atoms with E-state index in [2.05, 4.69) is 5.32 Å². The summed E-state index contributed by atoms with van der Waals surface area (Å²) < 4.78 is 27.5. The van der Waals surface area contributed by atoms with Gasteiger partial charge in [0, 0.05) is 6.04 Å². The van der Waals surface area contributed by atoms with E-state index in [1.54, 1.807) is 0 Å². The maximum atomic E-state index is 13.9. The van der Waals surface area contributed by atoms with Crippen LogP contribution in [-0.2, 0) is 0 Å². The molecule has 2 rings (SSSR count). The lowest BCUT2D eigenvalue weighted by Crippen LogP contribution is -2.37. The highest BCUT2D eigenvalue weighted by Gasteiger charge is 2.26. The summed E-state index contributed by atoms with van der Waals surface area (Å²) >= 11 is 0. The van der Waals surface area contributed by atoms with Crippen molar-refractivity contribution in [1.29, 1.82) is 0 Å². The van der Waals surface area contributed by atoms with Crippen LogP contribution in [0.4, 0.5) is 14.5 Å². The van der Waals surface area contributed by atoms with Crippen molar-refractivity contribution in [2.45, 2.75) is 31.7 Å². The van der Waals surface area contributed by atoms with Gasteiger partial charge in [0.1, 0.15) is 0 Å². The number of hydrogen-bond acceptors (Lipinski definition) is 3. The van der Waals surface area contributed by atoms with Crippen molar-refractivity contribution in [3.05, 3.63) is 29.3 Å². The molecule has 0 bridgehead atoms. The van der Waals surface area contributed by atoms with Crippen molar-refractivity contribution in [3.63, 3.8) is 0 Å². The zero-order valence-corrected chi connectivity index (χ0v) is 11.0. The molecule has 20 heavy (non-hydrogen) atoms. The Morgan fingerprint density at radius 1 is 1.30 bits per heavy atom. The van der Waals surface area contributed by atoms with Crippen LogP contribution in [0.15, 0.2) is 12.1 Å². The Kier molecular flexibility index (Phi) is 4.54. The molecule has 0 radical (unpaired) electrons. The maximum absolute atomic E-state index is 13.9. The third-order valence-electron chi connectivity index (χ3n) is 3.87. The Balaban J connectivity index is 2.21. The monoisotopic (exact) mass is 284 g/mol. The first-order valence-electron chi connectivity index (χ1n) is 6.72. The summed E-state index contributed by atoms with van der Waals surface area (Å²) in [5, 5.41) is 11.7. The Bertz CT molecular complexity index is 508. The molecule has 1 aromatic rings. The molecule has 1 aliphatic rings. The molecule has 1 saturated carbocycles. The molecule has 2 atom stereocenters. The van der Waals surface area contributed by atoms with E-state index in [0.717, 1.165) is 31.7 Å². The van der Waals surface area contributed by atoms with Gasteiger partial charge in [0.2, 0.25) is 0 Å². The number of rotatable bonds is 4. The lowest BCUT2D eigenvalue weighted by Gasteiger charge is -2.32. The molecule has 6 heteroatoms. The number of hydrogen-bond donors (Lipinski definition) is 3. The zero-order chi connectivity index (χ0) is 14.7. The normalized spacial score (nSPS) is 22.6. The minimum Gasteiger partial charge on any atom is -0.478 e. The number of anilines is 1. The number of nitrogens with two attached hydrogens (primary N) is 1. The van der Waals surface area contributed by atoms with Crippen LogP contribution in [0.2, 0.25) is 0 Å². The minimum atomic E-state index is -1.48. The Labute approximate surface area is 116 Å². The number of nitrogens with one attached hydrogen (secondary N) is 1. The van der Waals surface area contributed by atoms with Crippen molar-refractivity contribution in [2.24, 2.45) is 11.7 Å². The lowest BCUT2D eigenvalue weighted by molar-refractivity contribution is 0.0690. The van der Waals surface area contributed by atoms with Gasteiger partial charge in [0.05, 0.1) is 11.3 Å². The van der Waals surface area contributed by atoms with E-state index in [9.17, 15) is 13.6 Å². The third-order valence-corrected chi connectivity index (χ3v) is 3.87. The summed E-state index contributed by atoms with van der Waals surface area (Å²) in [7, 11) is 0. The quantitative estimate of drug-likeness (QED) is 0.794. The van der Waals surface area contributed by atoms with Gasteiger partial charge in [-0.05, 0) is 37.4 Å². The molecule has 0 aliphatic heterocycles. The molecule has 0 amide bonds. The van der Waals surface area contributed by atoms with Gasteiger partial charge in [-0.3, -0.25) is 0 Å². The average molecular weight is 284 g/mol. The first-order valence-corrected chi connectivity index (χ1v) is 6.72. The number of halogens is 2. The molecule has 0 aromatic heterocycles. The van der Waals surface area contributed by atoms with Crippen LogP contribution in [0.1, 0.15) is 36.0 Å². The van der Waals surface area contributed by atoms with E-state index in [-0.39, 0.29) is 17.6 Å². The van der Waals surface area contributed by atoms with E-state index in [1.165, 1.54) is 6.07 Å². The molecule has 0 saturated heterocycles. The SMILES string of the molecule is NCC1CCCCC1Nc1ccc(C(=O)O)c(F)c1F. The zero-order valence-electron chi connectivity index (χ0n) is 11.0. The van der Waals surface area contributed by atoms with E-state index in [0.29, 0.717) is 6.54 Å². The summed E-state index contributed by atoms with van der Waals surface area (Å²) in [4.78, 5) is 10.7. The fourth-order valence-corrected chi connectivity index (χ4v) is 2.71. The van der Waals surface area contributed by atoms with E-state index in [4.69, 9.17) is 10.8 Å². The number of carbonyl (C=O) groups is 1. The summed E-state index contributed by atoms with van der Waals surface area (Å²) in [5.41, 5.74) is 5.03. The van der Waals surface area contributed by atoms with Crippen LogP contribution in [0, 0.1) is 17.6 Å². The molecule has 4 N–H and O–H groups in total. The summed E-state index contributed by atoms with van der Waals surface area (Å²) in [6.07, 6.45) is 3.93. The number of benzene rings is 1. The standard InChI is InChI=1S/C14H18F2N2O2/c15-12-9(14(19)20)5-6-11(13(12)16)18-10-4-2-1-3-8(10)7-17/h5-6,8,10,18H,1-4,7,17H2,(H,19,20). The van der Waals surface area contributed by atoms with Gasteiger partial charge >= 0.3 is 5.97 Å². The second kappa shape index (κ2) is 6.17. The highest BCUT2D eigenvalue weighted by atomic mass is 19.2. The van der Waals surface area contributed by atoms with E-state index >= 15 is 0 Å². The van der Waals surface area contributed by atoms with Gasteiger partial charge in [0.15, 0.2) is 11.6 Å². The smallest absolute Gasteiger partial charge is 0.338 e. The second-order valence-corrected chi connectivity index (χ2v) is 5.12. The molecule has 1 fully saturated rings. The molecule has 1 aliphatic carbocycles. The van der Waals surface area contributed by atoms with Crippen molar-refractivity contribution in [1.82, 2.24) is 0 Å². The van der Waals surface area contributed by atoms with Gasteiger partial charge in [-0.1, -0.05) is 12.8 Å². The summed E-state index contributed by atoms with van der Waals surface area (Å²) in [6.45, 7) is 0.495. The maximum Gasteiger partial charge on any atom is 0.338 e. The third kappa shape index (κ3) is 2.90. The molecule has 0 spiro atoms. The highest BCUT2D eigenvalue weighted by Crippen LogP contribution is 2.28. The molecule has 110 valence electrons. The van der Waals surface area contributed by atoms with Crippen LogP contribution in [0.5, 0.6) is 0 Å². The fourth-order valence-electron chi connectivity index (χ4n) is 2.71. The molecule has 4 nitrogen and oxygen atoms in total. The Hall–Kier alpha value is -1.69. The van der Waals surface area contributed by atoms with Crippen LogP contribution in [0.3, 0.4) is 0 Å². The first kappa shape index (κ1) is 14.7. The van der Waals surface area contributed by atoms with Crippen LogP contribution in [0.25, 0.3) is 0 Å². The number of aromatic carboxylic acids is 1. The van der Waals surface area contributed by atoms with E-state index in [1.807, 2.05) is 0 Å². The van der Waals surface area contributed by atoms with E-state index < -0.39 is 23.2 Å². The van der Waals surface area contributed by atoms with Gasteiger partial charge < -0.3 is 16.2 Å². The number of carboxylic acid groups (broad SMARTS) is 1. The molecular weight excluding hydrogens is 266 g/mol. The summed E-state index contributed by atoms with van der Waals surface area (Å²) in [5.74, 6) is -3.73. The number of carboxylic acids is 1. The lowest BCUT2D eigenvalue weighted by atomic mass is 9.84. The highest BCUT2D eigenvalue weighted by molar-refractivity contribution is 5.88. The van der Waals surface area contributed by atoms with Crippen LogP contribution in [-0.4, -0.2) is 23.7 Å². The van der Waals surface area contributed by atoms with Crippen molar-refractivity contribution in [2.75, 3.05) is 11.9 Å². The van der Waals surface area contributed by atoms with Gasteiger partial charge in [0.25, 0.3) is 0 Å². The molecule has 2 unspecified atom stereocenters. The van der Waals surface area contributed by atoms with Crippen LogP contribution >= 0.6 is 0 Å². The van der Waals surface area contributed by atoms with Gasteiger partial charge in [-0.25, -0.2) is 13.6 Å². The van der Waals surface area contributed by atoms with Gasteiger partial charge in [-0.15, -0.1) is 0 Å². The van der Waals surface area contributed by atoms with Crippen molar-refractivity contribution in [3.8, 4) is 0 Å². The fraction of sp³-hybridized carbons (Fsp3) is 0.500. The average Bonchev–Trinajstić information content (AvgIpc) is 2.44. The molecule has 1 aromatic carbocycles. The van der Waals surface area contributed by atoms with Crippen molar-refractivity contribution < 1.29 is 18.7 Å². The second-order valence-electron chi connectivity index (χ2n) is 5.12. The van der Waals surface area contributed by atoms with Gasteiger partial charge in [-0.2, -0.15) is 0 Å². The molecule has 0 heterocycles. The predicted octanol–water partition coefficient (Wildman–Crippen LogP) is 2.59. The predicted molar refractivity (Wildman–Crippen MR) is 71.7 cm³/mol. The van der Waals surface area contributed by atoms with Crippen LogP contribution < -0.4 is 11.1 Å². The summed E-state index contributed by atoms with van der Waals surface area (Å²) in [6, 6.07) is 2.34. The molecular formula is C14H18F2N2O2. The topological polar surface area (TPSA) is 75.3 Å². The van der Waals surface area contributed by atoms with Crippen molar-refractivity contribution >= 4 is 11.7 Å². The minimum absolute atomic E-state index is 0.00155. The Morgan fingerprint density at radius 3 is 2.65 bits per heavy atom. The largest absolute Gasteiger partial charge is 0.478 e. The Morgan fingerprint density at radius 2 is 2.00 bits per heavy atom. The first-order chi connectivity index (χ1) is 9.54.